The standard InChI is InChI=1S/C16H21NO4/c1-12-3-5-13(6-4-12)9-17-11-16(2,8-7-15(19)20)21-10-14(17)18/h3-6H,7-11H2,1-2H3,(H,19,20). The summed E-state index contributed by atoms with van der Waals surface area (Å²) >= 11 is 0. The summed E-state index contributed by atoms with van der Waals surface area (Å²) in [5, 5.41) is 8.80. The number of carbonyl (C=O) groups excluding carboxylic acids is 1. The van der Waals surface area contributed by atoms with Gasteiger partial charge < -0.3 is 14.7 Å². The molecule has 0 aliphatic carbocycles. The maximum Gasteiger partial charge on any atom is 0.303 e. The monoisotopic (exact) mass is 291 g/mol. The predicted molar refractivity (Wildman–Crippen MR) is 77.8 cm³/mol. The van der Waals surface area contributed by atoms with Gasteiger partial charge in [0.25, 0.3) is 0 Å². The molecule has 1 fully saturated rings. The number of hydrogen-bond donors (Lipinski definition) is 1. The van der Waals surface area contributed by atoms with Crippen LogP contribution in [0.1, 0.15) is 30.9 Å². The summed E-state index contributed by atoms with van der Waals surface area (Å²) in [6.45, 7) is 4.86. The maximum atomic E-state index is 12.0. The molecule has 2 rings (SSSR count). The number of benzene rings is 1. The van der Waals surface area contributed by atoms with Gasteiger partial charge in [0.2, 0.25) is 5.91 Å². The highest BCUT2D eigenvalue weighted by molar-refractivity contribution is 5.78. The van der Waals surface area contributed by atoms with Crippen molar-refractivity contribution in [2.24, 2.45) is 0 Å². The fourth-order valence-electron chi connectivity index (χ4n) is 2.45. The van der Waals surface area contributed by atoms with E-state index in [2.05, 4.69) is 0 Å². The van der Waals surface area contributed by atoms with Crippen molar-refractivity contribution in [2.75, 3.05) is 13.2 Å². The second kappa shape index (κ2) is 6.26. The molecule has 1 N–H and O–H groups in total. The summed E-state index contributed by atoms with van der Waals surface area (Å²) in [5.41, 5.74) is 1.66. The van der Waals surface area contributed by atoms with Gasteiger partial charge in [-0.3, -0.25) is 9.59 Å². The number of hydrogen-bond acceptors (Lipinski definition) is 3. The van der Waals surface area contributed by atoms with E-state index in [1.54, 1.807) is 4.90 Å². The number of aliphatic carboxylic acids is 1. The molecule has 114 valence electrons. The van der Waals surface area contributed by atoms with Crippen LogP contribution in [0.15, 0.2) is 24.3 Å². The second-order valence-corrected chi connectivity index (χ2v) is 5.87. The van der Waals surface area contributed by atoms with E-state index >= 15 is 0 Å². The molecule has 0 bridgehead atoms. The van der Waals surface area contributed by atoms with Gasteiger partial charge >= 0.3 is 5.97 Å². The molecule has 1 heterocycles. The first kappa shape index (κ1) is 15.5. The van der Waals surface area contributed by atoms with Crippen LogP contribution >= 0.6 is 0 Å². The van der Waals surface area contributed by atoms with Gasteiger partial charge in [-0.15, -0.1) is 0 Å². The van der Waals surface area contributed by atoms with Crippen LogP contribution in [-0.2, 0) is 20.9 Å². The molecule has 5 heteroatoms. The highest BCUT2D eigenvalue weighted by atomic mass is 16.5. The van der Waals surface area contributed by atoms with Crippen molar-refractivity contribution in [1.82, 2.24) is 4.90 Å². The molecule has 21 heavy (non-hydrogen) atoms. The van der Waals surface area contributed by atoms with Gasteiger partial charge in [-0.05, 0) is 25.8 Å². The minimum Gasteiger partial charge on any atom is -0.481 e. The molecule has 1 aromatic rings. The predicted octanol–water partition coefficient (Wildman–Crippen LogP) is 1.98. The van der Waals surface area contributed by atoms with E-state index in [9.17, 15) is 9.59 Å². The van der Waals surface area contributed by atoms with Crippen LogP contribution in [0.25, 0.3) is 0 Å². The average Bonchev–Trinajstić information content (AvgIpc) is 2.44. The summed E-state index contributed by atoms with van der Waals surface area (Å²) in [5.74, 6) is -0.898. The number of aryl methyl sites for hydroxylation is 1. The summed E-state index contributed by atoms with van der Waals surface area (Å²) in [4.78, 5) is 24.4. The normalized spacial score (nSPS) is 22.4. The lowest BCUT2D eigenvalue weighted by Gasteiger charge is -2.40. The quantitative estimate of drug-likeness (QED) is 0.900. The molecular formula is C16H21NO4. The largest absolute Gasteiger partial charge is 0.481 e. The average molecular weight is 291 g/mol. The van der Waals surface area contributed by atoms with Gasteiger partial charge in [-0.2, -0.15) is 0 Å². The van der Waals surface area contributed by atoms with Gasteiger partial charge in [0.1, 0.15) is 6.61 Å². The lowest BCUT2D eigenvalue weighted by molar-refractivity contribution is -0.164. The topological polar surface area (TPSA) is 66.8 Å². The van der Waals surface area contributed by atoms with Crippen molar-refractivity contribution in [3.05, 3.63) is 35.4 Å². The number of nitrogens with zero attached hydrogens (tertiary/aromatic N) is 1. The molecule has 0 spiro atoms. The number of morpholine rings is 1. The molecule has 1 aromatic carbocycles. The Morgan fingerprint density at radius 2 is 2.05 bits per heavy atom. The summed E-state index contributed by atoms with van der Waals surface area (Å²) < 4.78 is 5.56. The van der Waals surface area contributed by atoms with E-state index in [-0.39, 0.29) is 18.9 Å². The summed E-state index contributed by atoms with van der Waals surface area (Å²) in [6.07, 6.45) is 0.447. The van der Waals surface area contributed by atoms with Crippen LogP contribution in [-0.4, -0.2) is 40.6 Å². The SMILES string of the molecule is Cc1ccc(CN2CC(C)(CCC(=O)O)OCC2=O)cc1. The lowest BCUT2D eigenvalue weighted by Crippen LogP contribution is -2.52. The Morgan fingerprint density at radius 3 is 2.67 bits per heavy atom. The molecule has 1 amide bonds. The van der Waals surface area contributed by atoms with E-state index in [1.165, 1.54) is 5.56 Å². The molecule has 5 nitrogen and oxygen atoms in total. The minimum atomic E-state index is -0.846. The Balaban J connectivity index is 2.02. The number of carbonyl (C=O) groups is 2. The number of carboxylic acid groups (broad SMARTS) is 1. The van der Waals surface area contributed by atoms with E-state index in [0.717, 1.165) is 5.56 Å². The Kier molecular flexibility index (Phi) is 4.63. The number of amides is 1. The molecule has 0 saturated carbocycles. The summed E-state index contributed by atoms with van der Waals surface area (Å²) in [7, 11) is 0. The molecule has 1 atom stereocenters. The fourth-order valence-corrected chi connectivity index (χ4v) is 2.45. The fraction of sp³-hybridized carbons (Fsp3) is 0.500. The van der Waals surface area contributed by atoms with Crippen LogP contribution in [0.5, 0.6) is 0 Å². The first-order chi connectivity index (χ1) is 9.88. The van der Waals surface area contributed by atoms with Crippen molar-refractivity contribution < 1.29 is 19.4 Å². The maximum absolute atomic E-state index is 12.0. The third-order valence-corrected chi connectivity index (χ3v) is 3.78. The number of carboxylic acids is 1. The zero-order valence-corrected chi connectivity index (χ0v) is 12.5. The third-order valence-electron chi connectivity index (χ3n) is 3.78. The highest BCUT2D eigenvalue weighted by Gasteiger charge is 2.36. The van der Waals surface area contributed by atoms with E-state index < -0.39 is 11.6 Å². The Bertz CT molecular complexity index is 526. The second-order valence-electron chi connectivity index (χ2n) is 5.87. The minimum absolute atomic E-state index is 0.0159. The van der Waals surface area contributed by atoms with E-state index in [4.69, 9.17) is 9.84 Å². The summed E-state index contributed by atoms with van der Waals surface area (Å²) in [6, 6.07) is 8.05. The van der Waals surface area contributed by atoms with Crippen LogP contribution in [0, 0.1) is 6.92 Å². The third kappa shape index (κ3) is 4.29. The Morgan fingerprint density at radius 1 is 1.38 bits per heavy atom. The van der Waals surface area contributed by atoms with Crippen molar-refractivity contribution in [3.63, 3.8) is 0 Å². The first-order valence-electron chi connectivity index (χ1n) is 7.07. The van der Waals surface area contributed by atoms with Crippen LogP contribution in [0.4, 0.5) is 0 Å². The molecule has 0 aromatic heterocycles. The van der Waals surface area contributed by atoms with Gasteiger partial charge in [0.15, 0.2) is 0 Å². The van der Waals surface area contributed by atoms with Crippen LogP contribution < -0.4 is 0 Å². The van der Waals surface area contributed by atoms with Crippen molar-refractivity contribution in [1.29, 1.82) is 0 Å². The van der Waals surface area contributed by atoms with Crippen molar-refractivity contribution >= 4 is 11.9 Å². The molecule has 0 radical (unpaired) electrons. The molecular weight excluding hydrogens is 270 g/mol. The Labute approximate surface area is 124 Å². The van der Waals surface area contributed by atoms with Crippen molar-refractivity contribution in [3.8, 4) is 0 Å². The lowest BCUT2D eigenvalue weighted by atomic mass is 9.97. The smallest absolute Gasteiger partial charge is 0.303 e. The molecule has 1 aliphatic rings. The van der Waals surface area contributed by atoms with Gasteiger partial charge in [0, 0.05) is 19.5 Å². The number of rotatable bonds is 5. The zero-order chi connectivity index (χ0) is 15.5. The van der Waals surface area contributed by atoms with Crippen LogP contribution in [0.3, 0.4) is 0 Å². The molecule has 1 unspecified atom stereocenters. The highest BCUT2D eigenvalue weighted by Crippen LogP contribution is 2.25. The number of ether oxygens (including phenoxy) is 1. The zero-order valence-electron chi connectivity index (χ0n) is 12.5. The first-order valence-corrected chi connectivity index (χ1v) is 7.07. The van der Waals surface area contributed by atoms with E-state index in [1.807, 2.05) is 38.1 Å². The Hall–Kier alpha value is -1.88. The van der Waals surface area contributed by atoms with Crippen molar-refractivity contribution in [2.45, 2.75) is 38.8 Å². The van der Waals surface area contributed by atoms with Gasteiger partial charge in [-0.1, -0.05) is 29.8 Å². The molecule has 1 saturated heterocycles. The van der Waals surface area contributed by atoms with Crippen LogP contribution in [0.2, 0.25) is 0 Å². The van der Waals surface area contributed by atoms with Gasteiger partial charge in [-0.25, -0.2) is 0 Å². The van der Waals surface area contributed by atoms with Gasteiger partial charge in [0.05, 0.1) is 5.60 Å². The van der Waals surface area contributed by atoms with E-state index in [0.29, 0.717) is 19.5 Å². The molecule has 1 aliphatic heterocycles.